The lowest BCUT2D eigenvalue weighted by atomic mass is 10.0. The average Bonchev–Trinajstić information content (AvgIpc) is 3.72. The molecule has 0 bridgehead atoms. The molecule has 0 saturated carbocycles. The summed E-state index contributed by atoms with van der Waals surface area (Å²) >= 11 is 0. The van der Waals surface area contributed by atoms with E-state index in [0.717, 1.165) is 44.7 Å². The van der Waals surface area contributed by atoms with Gasteiger partial charge < -0.3 is 4.74 Å². The fourth-order valence-corrected chi connectivity index (χ4v) is 16.4. The van der Waals surface area contributed by atoms with Crippen molar-refractivity contribution in [2.24, 2.45) is 0 Å². The maximum absolute atomic E-state index is 7.33. The summed E-state index contributed by atoms with van der Waals surface area (Å²) in [5, 5.41) is 5.84. The third-order valence-electron chi connectivity index (χ3n) is 12.2. The first-order valence-corrected chi connectivity index (χ1v) is 23.5. The van der Waals surface area contributed by atoms with Crippen LogP contribution in [0, 0.1) is 0 Å². The van der Waals surface area contributed by atoms with Crippen molar-refractivity contribution < 1.29 is 4.74 Å². The summed E-state index contributed by atoms with van der Waals surface area (Å²) in [6, 6.07) is 56.3. The lowest BCUT2D eigenvalue weighted by molar-refractivity contribution is 0.480. The predicted molar refractivity (Wildman–Crippen MR) is 225 cm³/mol. The Bertz CT molecular complexity index is 2840. The van der Waals surface area contributed by atoms with Crippen molar-refractivity contribution in [2.75, 3.05) is 0 Å². The van der Waals surface area contributed by atoms with Gasteiger partial charge in [-0.05, 0) is 67.7 Å². The van der Waals surface area contributed by atoms with Crippen LogP contribution in [0.4, 0.5) is 0 Å². The van der Waals surface area contributed by atoms with Gasteiger partial charge in [-0.1, -0.05) is 148 Å². The summed E-state index contributed by atoms with van der Waals surface area (Å²) in [5.74, 6) is 3.26. The normalized spacial score (nSPS) is 14.7. The Hall–Kier alpha value is -6.10. The van der Waals surface area contributed by atoms with Gasteiger partial charge in [0.1, 0.15) is 11.5 Å². The number of hydrogen-bond acceptors (Lipinski definition) is 4. The quantitative estimate of drug-likeness (QED) is 0.140. The predicted octanol–water partition coefficient (Wildman–Crippen LogP) is 7.14. The minimum atomic E-state index is -3.24. The van der Waals surface area contributed by atoms with Gasteiger partial charge in [0.25, 0.3) is 0 Å². The number of benzene rings is 6. The standard InChI is InChI=1S/C46H39N5OSi2/c1-46(2)34-22-11-16-27-39(34)52-43-40(53(46,3)4)28-17-29-41(43)54(32-18-7-5-8-19-32,33-20-9-6-10-21-33)42-30-31-47-44(49-42)51-38-26-15-14-25-37(38)50-36-24-13-12-23-35(36)48-45(50)51/h5-31H,1-4H3. The lowest BCUT2D eigenvalue weighted by Crippen LogP contribution is -2.76. The second-order valence-electron chi connectivity index (χ2n) is 15.3. The minimum Gasteiger partial charge on any atom is -0.457 e. The smallest absolute Gasteiger partial charge is 0.236 e. The van der Waals surface area contributed by atoms with Crippen LogP contribution in [0.1, 0.15) is 19.4 Å². The van der Waals surface area contributed by atoms with Crippen LogP contribution in [0.3, 0.4) is 0 Å². The fraction of sp³-hybridized carbons (Fsp3) is 0.109. The van der Waals surface area contributed by atoms with Crippen LogP contribution in [0.5, 0.6) is 11.5 Å². The fourth-order valence-electron chi connectivity index (χ4n) is 8.79. The van der Waals surface area contributed by atoms with E-state index in [9.17, 15) is 0 Å². The third-order valence-corrected chi connectivity index (χ3v) is 22.0. The third kappa shape index (κ3) is 4.47. The topological polar surface area (TPSA) is 57.2 Å². The molecule has 0 aliphatic carbocycles. The molecule has 1 aliphatic rings. The van der Waals surface area contributed by atoms with Gasteiger partial charge in [-0.15, -0.1) is 0 Å². The maximum atomic E-state index is 7.33. The molecule has 0 unspecified atom stereocenters. The summed E-state index contributed by atoms with van der Waals surface area (Å²) in [4.78, 5) is 15.9. The van der Waals surface area contributed by atoms with Crippen LogP contribution in [0.25, 0.3) is 33.8 Å². The van der Waals surface area contributed by atoms with E-state index >= 15 is 0 Å². The molecule has 1 aliphatic heterocycles. The number of nitrogens with zero attached hydrogens (tertiary/aromatic N) is 5. The van der Waals surface area contributed by atoms with Crippen molar-refractivity contribution in [3.05, 3.63) is 169 Å². The Morgan fingerprint density at radius 3 is 1.98 bits per heavy atom. The van der Waals surface area contributed by atoms with Gasteiger partial charge in [0.2, 0.25) is 19.8 Å². The van der Waals surface area contributed by atoms with Gasteiger partial charge in [-0.25, -0.2) is 19.5 Å². The first kappa shape index (κ1) is 32.5. The van der Waals surface area contributed by atoms with Gasteiger partial charge >= 0.3 is 0 Å². The molecule has 0 fully saturated rings. The maximum Gasteiger partial charge on any atom is 0.236 e. The molecule has 54 heavy (non-hydrogen) atoms. The molecule has 10 rings (SSSR count). The first-order valence-electron chi connectivity index (χ1n) is 18.5. The summed E-state index contributed by atoms with van der Waals surface area (Å²) in [6.45, 7) is 9.80. The Balaban J connectivity index is 1.32. The van der Waals surface area contributed by atoms with Crippen molar-refractivity contribution >= 4 is 70.1 Å². The Morgan fingerprint density at radius 2 is 1.24 bits per heavy atom. The zero-order valence-corrected chi connectivity index (χ0v) is 32.7. The van der Waals surface area contributed by atoms with Crippen LogP contribution < -0.4 is 30.8 Å². The van der Waals surface area contributed by atoms with E-state index in [4.69, 9.17) is 19.7 Å². The van der Waals surface area contributed by atoms with Gasteiger partial charge in [-0.2, -0.15) is 0 Å². The molecule has 0 spiro atoms. The van der Waals surface area contributed by atoms with Crippen LogP contribution in [-0.4, -0.2) is 40.1 Å². The number of aromatic nitrogens is 5. The molecule has 0 N–H and O–H groups in total. The Morgan fingerprint density at radius 1 is 0.611 bits per heavy atom. The Kier molecular flexibility index (Phi) is 7.21. The number of hydrogen-bond donors (Lipinski definition) is 0. The molecule has 6 aromatic carbocycles. The van der Waals surface area contributed by atoms with Crippen molar-refractivity contribution in [3.8, 4) is 17.4 Å². The van der Waals surface area contributed by atoms with Gasteiger partial charge in [0, 0.05) is 11.5 Å². The van der Waals surface area contributed by atoms with Crippen molar-refractivity contribution in [2.45, 2.75) is 32.0 Å². The zero-order valence-electron chi connectivity index (χ0n) is 30.7. The van der Waals surface area contributed by atoms with Gasteiger partial charge in [0.15, 0.2) is 0 Å². The first-order chi connectivity index (χ1) is 26.3. The van der Waals surface area contributed by atoms with Crippen molar-refractivity contribution in [1.82, 2.24) is 23.9 Å². The highest BCUT2D eigenvalue weighted by molar-refractivity contribution is 7.20. The van der Waals surface area contributed by atoms with Crippen molar-refractivity contribution in [1.29, 1.82) is 0 Å². The molecule has 8 heteroatoms. The molecule has 0 amide bonds. The molecular weight excluding hydrogens is 695 g/mol. The average molecular weight is 734 g/mol. The number of imidazole rings is 2. The molecule has 3 aromatic heterocycles. The largest absolute Gasteiger partial charge is 0.457 e. The Labute approximate surface area is 316 Å². The summed E-state index contributed by atoms with van der Waals surface area (Å²) < 4.78 is 11.7. The van der Waals surface area contributed by atoms with E-state index in [0.29, 0.717) is 5.95 Å². The molecule has 0 radical (unpaired) electrons. The summed E-state index contributed by atoms with van der Waals surface area (Å²) in [7, 11) is -5.47. The number of rotatable bonds is 5. The summed E-state index contributed by atoms with van der Waals surface area (Å²) in [5.41, 5.74) is 5.29. The zero-order chi connectivity index (χ0) is 36.7. The van der Waals surface area contributed by atoms with E-state index in [-0.39, 0.29) is 5.04 Å². The number of fused-ring (bicyclic) bond motifs is 7. The van der Waals surface area contributed by atoms with E-state index in [1.807, 2.05) is 12.3 Å². The summed E-state index contributed by atoms with van der Waals surface area (Å²) in [6.07, 6.45) is 1.93. The van der Waals surface area contributed by atoms with Crippen LogP contribution >= 0.6 is 0 Å². The highest BCUT2D eigenvalue weighted by atomic mass is 28.3. The highest BCUT2D eigenvalue weighted by Crippen LogP contribution is 2.44. The van der Waals surface area contributed by atoms with E-state index in [1.165, 1.54) is 26.3 Å². The number of ether oxygens (including phenoxy) is 1. The van der Waals surface area contributed by atoms with E-state index in [2.05, 4.69) is 188 Å². The van der Waals surface area contributed by atoms with E-state index < -0.39 is 16.1 Å². The molecule has 262 valence electrons. The monoisotopic (exact) mass is 733 g/mol. The highest BCUT2D eigenvalue weighted by Gasteiger charge is 2.51. The van der Waals surface area contributed by atoms with E-state index in [1.54, 1.807) is 0 Å². The molecule has 6 nitrogen and oxygen atoms in total. The lowest BCUT2D eigenvalue weighted by Gasteiger charge is -2.40. The molecule has 9 aromatic rings. The number of para-hydroxylation sites is 6. The molecule has 4 heterocycles. The minimum absolute atomic E-state index is 0.0894. The van der Waals surface area contributed by atoms with Gasteiger partial charge in [-0.3, -0.25) is 4.40 Å². The van der Waals surface area contributed by atoms with Crippen LogP contribution in [0.15, 0.2) is 164 Å². The van der Waals surface area contributed by atoms with Gasteiger partial charge in [0.05, 0.1) is 30.1 Å². The second kappa shape index (κ2) is 12.0. The molecule has 0 atom stereocenters. The second-order valence-corrected chi connectivity index (χ2v) is 24.1. The SMILES string of the molecule is CC1(C)c2ccccc2Oc2c([Si](c3ccccc3)(c3ccccc3)c3ccnc(-n4c5ccccc5n5c6ccccc6nc45)n3)cccc2[Si]1(C)C. The molecule has 0 saturated heterocycles. The van der Waals surface area contributed by atoms with Crippen LogP contribution in [-0.2, 0) is 5.04 Å². The van der Waals surface area contributed by atoms with Crippen LogP contribution in [0.2, 0.25) is 13.1 Å². The molecular formula is C46H39N5OSi2. The van der Waals surface area contributed by atoms with Crippen molar-refractivity contribution in [3.63, 3.8) is 0 Å².